The molecule has 0 spiro atoms. The number of alkyl carbamates (subject to hydrolysis) is 1. The molecular formula is C27H45N3O8SSi. The van der Waals surface area contributed by atoms with Gasteiger partial charge in [-0.05, 0) is 39.3 Å². The van der Waals surface area contributed by atoms with Crippen LogP contribution in [0.15, 0.2) is 30.3 Å². The largest absolute Gasteiger partial charge is 0.464 e. The van der Waals surface area contributed by atoms with Crippen molar-refractivity contribution >= 4 is 37.2 Å². The van der Waals surface area contributed by atoms with E-state index in [0.29, 0.717) is 0 Å². The number of carbonyl (C=O) groups is 3. The SMILES string of the molecule is CCOC(=O)[C@@H](NC(=O)OCC[Si](C)(C)C)[C@H](N[S@@](=O)C(C)(C)C)[C@H]1CN(C(=O)OCc2ccccc2)CCO1. The molecule has 1 aromatic carbocycles. The fourth-order valence-electron chi connectivity index (χ4n) is 3.67. The van der Waals surface area contributed by atoms with Gasteiger partial charge >= 0.3 is 18.2 Å². The van der Waals surface area contributed by atoms with Crippen molar-refractivity contribution in [2.45, 2.75) is 82.9 Å². The molecule has 4 atom stereocenters. The number of morpholine rings is 1. The summed E-state index contributed by atoms with van der Waals surface area (Å²) in [6.07, 6.45) is -2.15. The van der Waals surface area contributed by atoms with E-state index in [1.807, 2.05) is 30.3 Å². The van der Waals surface area contributed by atoms with E-state index < -0.39 is 60.1 Å². The lowest BCUT2D eigenvalue weighted by Crippen LogP contribution is -2.65. The summed E-state index contributed by atoms with van der Waals surface area (Å²) in [5.41, 5.74) is 0.847. The third-order valence-corrected chi connectivity index (χ3v) is 9.32. The molecule has 40 heavy (non-hydrogen) atoms. The first-order valence-electron chi connectivity index (χ1n) is 13.6. The van der Waals surface area contributed by atoms with E-state index >= 15 is 0 Å². The maximum absolute atomic E-state index is 13.2. The Labute approximate surface area is 241 Å². The van der Waals surface area contributed by atoms with Crippen molar-refractivity contribution in [2.75, 3.05) is 32.9 Å². The minimum atomic E-state index is -1.65. The standard InChI is InChI=1S/C27H45N3O8SSi/c1-8-35-24(31)23(28-25(32)37-16-17-40(5,6)7)22(29-39(34)27(2,3)4)21-18-30(14-15-36-21)26(33)38-19-20-12-10-9-11-13-20/h9-13,21-23,29H,8,14-19H2,1-7H3,(H,28,32)/t21-,22-,23+,39+/m1/s1. The van der Waals surface area contributed by atoms with Gasteiger partial charge in [-0.15, -0.1) is 0 Å². The van der Waals surface area contributed by atoms with Crippen molar-refractivity contribution in [2.24, 2.45) is 0 Å². The van der Waals surface area contributed by atoms with Gasteiger partial charge < -0.3 is 29.2 Å². The monoisotopic (exact) mass is 599 g/mol. The van der Waals surface area contributed by atoms with Gasteiger partial charge in [0.15, 0.2) is 0 Å². The summed E-state index contributed by atoms with van der Waals surface area (Å²) in [5, 5.41) is 2.60. The average molecular weight is 600 g/mol. The molecule has 1 saturated heterocycles. The van der Waals surface area contributed by atoms with Gasteiger partial charge in [-0.25, -0.2) is 23.3 Å². The average Bonchev–Trinajstić information content (AvgIpc) is 2.88. The first-order valence-corrected chi connectivity index (χ1v) is 18.4. The predicted octanol–water partition coefficient (Wildman–Crippen LogP) is 3.44. The summed E-state index contributed by atoms with van der Waals surface area (Å²) in [7, 11) is -3.11. The Morgan fingerprint density at radius 3 is 2.40 bits per heavy atom. The number of amides is 2. The normalized spacial score (nSPS) is 18.3. The number of ether oxygens (including phenoxy) is 4. The van der Waals surface area contributed by atoms with Crippen LogP contribution in [0.25, 0.3) is 0 Å². The third kappa shape index (κ3) is 11.6. The van der Waals surface area contributed by atoms with Gasteiger partial charge in [-0.1, -0.05) is 50.0 Å². The lowest BCUT2D eigenvalue weighted by atomic mass is 10.0. The van der Waals surface area contributed by atoms with E-state index in [0.717, 1.165) is 11.6 Å². The van der Waals surface area contributed by atoms with Crippen molar-refractivity contribution in [3.63, 3.8) is 0 Å². The van der Waals surface area contributed by atoms with Crippen molar-refractivity contribution in [3.05, 3.63) is 35.9 Å². The van der Waals surface area contributed by atoms with Gasteiger partial charge in [0.25, 0.3) is 0 Å². The second-order valence-corrected chi connectivity index (χ2v) is 19.4. The summed E-state index contributed by atoms with van der Waals surface area (Å²) >= 11 is 0. The highest BCUT2D eigenvalue weighted by Crippen LogP contribution is 2.19. The molecule has 2 N–H and O–H groups in total. The number of carbonyl (C=O) groups excluding carboxylic acids is 3. The number of hydrogen-bond donors (Lipinski definition) is 2. The van der Waals surface area contributed by atoms with Crippen molar-refractivity contribution < 1.29 is 37.5 Å². The van der Waals surface area contributed by atoms with Crippen LogP contribution in [0.4, 0.5) is 9.59 Å². The van der Waals surface area contributed by atoms with Gasteiger partial charge in [0, 0.05) is 14.6 Å². The van der Waals surface area contributed by atoms with E-state index in [4.69, 9.17) is 18.9 Å². The second kappa shape index (κ2) is 15.5. The Kier molecular flexibility index (Phi) is 13.1. The fourth-order valence-corrected chi connectivity index (χ4v) is 5.28. The van der Waals surface area contributed by atoms with E-state index in [1.54, 1.807) is 27.7 Å². The molecule has 1 heterocycles. The number of nitrogens with one attached hydrogen (secondary N) is 2. The maximum Gasteiger partial charge on any atom is 0.410 e. The molecule has 0 aliphatic carbocycles. The number of rotatable bonds is 12. The van der Waals surface area contributed by atoms with Crippen molar-refractivity contribution in [1.82, 2.24) is 14.9 Å². The number of benzene rings is 1. The number of hydrogen-bond acceptors (Lipinski definition) is 8. The minimum absolute atomic E-state index is 0.0366. The molecule has 11 nitrogen and oxygen atoms in total. The van der Waals surface area contributed by atoms with Gasteiger partial charge in [-0.2, -0.15) is 0 Å². The van der Waals surface area contributed by atoms with Gasteiger partial charge in [-0.3, -0.25) is 0 Å². The molecule has 1 aliphatic heterocycles. The highest BCUT2D eigenvalue weighted by molar-refractivity contribution is 7.84. The Balaban J connectivity index is 2.24. The lowest BCUT2D eigenvalue weighted by molar-refractivity contribution is -0.148. The fraction of sp³-hybridized carbons (Fsp3) is 0.667. The van der Waals surface area contributed by atoms with Crippen LogP contribution in [0.1, 0.15) is 33.3 Å². The molecule has 2 amide bonds. The van der Waals surface area contributed by atoms with Crippen LogP contribution in [-0.4, -0.2) is 91.2 Å². The highest BCUT2D eigenvalue weighted by Gasteiger charge is 2.42. The minimum Gasteiger partial charge on any atom is -0.464 e. The molecule has 0 aromatic heterocycles. The van der Waals surface area contributed by atoms with E-state index in [1.165, 1.54) is 4.90 Å². The Hall–Kier alpha value is -2.48. The Morgan fingerprint density at radius 1 is 1.12 bits per heavy atom. The zero-order chi connectivity index (χ0) is 29.9. The summed E-state index contributed by atoms with van der Waals surface area (Å²) in [6, 6.07) is 7.76. The van der Waals surface area contributed by atoms with Crippen LogP contribution in [0.3, 0.4) is 0 Å². The first-order chi connectivity index (χ1) is 18.7. The maximum atomic E-state index is 13.2. The second-order valence-electron chi connectivity index (χ2n) is 11.7. The lowest BCUT2D eigenvalue weighted by Gasteiger charge is -2.39. The molecule has 0 unspecified atom stereocenters. The van der Waals surface area contributed by atoms with Crippen molar-refractivity contribution in [1.29, 1.82) is 0 Å². The quantitative estimate of drug-likeness (QED) is 0.212. The third-order valence-electron chi connectivity index (χ3n) is 6.01. The molecule has 0 radical (unpaired) electrons. The summed E-state index contributed by atoms with van der Waals surface area (Å²) in [6.45, 7) is 14.3. The van der Waals surface area contributed by atoms with E-state index in [9.17, 15) is 18.6 Å². The van der Waals surface area contributed by atoms with Crippen LogP contribution in [0.2, 0.25) is 25.7 Å². The van der Waals surface area contributed by atoms with Crippen LogP contribution < -0.4 is 10.0 Å². The summed E-state index contributed by atoms with van der Waals surface area (Å²) < 4.78 is 37.6. The van der Waals surface area contributed by atoms with Gasteiger partial charge in [0.2, 0.25) is 0 Å². The first kappa shape index (κ1) is 33.7. The smallest absolute Gasteiger partial charge is 0.410 e. The molecule has 226 valence electrons. The summed E-state index contributed by atoms with van der Waals surface area (Å²) in [5.74, 6) is -0.736. The van der Waals surface area contributed by atoms with Crippen LogP contribution >= 0.6 is 0 Å². The molecule has 0 bridgehead atoms. The van der Waals surface area contributed by atoms with E-state index in [2.05, 4.69) is 29.7 Å². The van der Waals surface area contributed by atoms with Crippen LogP contribution in [0, 0.1) is 0 Å². The van der Waals surface area contributed by atoms with E-state index in [-0.39, 0.29) is 39.5 Å². The van der Waals surface area contributed by atoms with Gasteiger partial charge in [0.05, 0.1) is 54.2 Å². The van der Waals surface area contributed by atoms with Crippen LogP contribution in [0.5, 0.6) is 0 Å². The molecule has 1 aliphatic rings. The van der Waals surface area contributed by atoms with Gasteiger partial charge in [0.1, 0.15) is 12.6 Å². The summed E-state index contributed by atoms with van der Waals surface area (Å²) in [4.78, 5) is 40.2. The van der Waals surface area contributed by atoms with Crippen molar-refractivity contribution in [3.8, 4) is 0 Å². The zero-order valence-corrected chi connectivity index (χ0v) is 26.5. The predicted molar refractivity (Wildman–Crippen MR) is 156 cm³/mol. The molecule has 2 rings (SSSR count). The Bertz CT molecular complexity index is 1000. The topological polar surface area (TPSA) is 132 Å². The Morgan fingerprint density at radius 2 is 1.80 bits per heavy atom. The number of esters is 1. The van der Waals surface area contributed by atoms with Crippen LogP contribution in [-0.2, 0) is 41.3 Å². The molecule has 0 saturated carbocycles. The molecular weight excluding hydrogens is 554 g/mol. The molecule has 13 heteroatoms. The zero-order valence-electron chi connectivity index (χ0n) is 24.7. The number of nitrogens with zero attached hydrogens (tertiary/aromatic N) is 1. The molecule has 1 fully saturated rings. The highest BCUT2D eigenvalue weighted by atomic mass is 32.2. The molecule has 1 aromatic rings.